The number of allylic oxidation sites excluding steroid dienone is 1. The van der Waals surface area contributed by atoms with Crippen LogP contribution in [0.25, 0.3) is 6.08 Å². The Labute approximate surface area is 162 Å². The molecule has 1 heterocycles. The van der Waals surface area contributed by atoms with Gasteiger partial charge in [0.05, 0.1) is 12.1 Å². The van der Waals surface area contributed by atoms with Crippen LogP contribution in [0.2, 0.25) is 5.02 Å². The van der Waals surface area contributed by atoms with Gasteiger partial charge in [-0.2, -0.15) is 5.10 Å². The maximum Gasteiger partial charge on any atom is 0.207 e. The fourth-order valence-electron chi connectivity index (χ4n) is 2.52. The van der Waals surface area contributed by atoms with E-state index in [2.05, 4.69) is 5.10 Å². The number of halogens is 1. The van der Waals surface area contributed by atoms with E-state index in [0.717, 1.165) is 11.1 Å². The summed E-state index contributed by atoms with van der Waals surface area (Å²) >= 11 is 6.00. The molecule has 0 amide bonds. The van der Waals surface area contributed by atoms with Crippen molar-refractivity contribution in [1.82, 2.24) is 9.78 Å². The van der Waals surface area contributed by atoms with Crippen molar-refractivity contribution in [2.24, 2.45) is 7.05 Å². The highest BCUT2D eigenvalue weighted by atomic mass is 35.5. The zero-order valence-corrected chi connectivity index (χ0v) is 15.8. The lowest BCUT2D eigenvalue weighted by Gasteiger charge is -2.11. The average molecular weight is 383 g/mol. The molecule has 0 atom stereocenters. The van der Waals surface area contributed by atoms with Gasteiger partial charge in [0.25, 0.3) is 0 Å². The normalized spacial score (nSPS) is 10.9. The molecule has 0 aliphatic carbocycles. The molecule has 0 radical (unpaired) electrons. The number of benzene rings is 2. The number of methoxy groups -OCH3 is 1. The van der Waals surface area contributed by atoms with Crippen LogP contribution in [0.1, 0.15) is 21.6 Å². The number of hydrogen-bond acceptors (Lipinski definition) is 4. The first-order chi connectivity index (χ1) is 13.1. The third kappa shape index (κ3) is 4.77. The van der Waals surface area contributed by atoms with Crippen LogP contribution < -0.4 is 9.47 Å². The minimum atomic E-state index is -0.260. The van der Waals surface area contributed by atoms with Gasteiger partial charge in [-0.25, -0.2) is 0 Å². The van der Waals surface area contributed by atoms with Gasteiger partial charge < -0.3 is 9.47 Å². The maximum absolute atomic E-state index is 12.2. The van der Waals surface area contributed by atoms with Crippen molar-refractivity contribution < 1.29 is 14.3 Å². The van der Waals surface area contributed by atoms with Gasteiger partial charge >= 0.3 is 0 Å². The summed E-state index contributed by atoms with van der Waals surface area (Å²) in [5, 5.41) is 4.39. The van der Waals surface area contributed by atoms with Crippen LogP contribution in [0.5, 0.6) is 11.5 Å². The van der Waals surface area contributed by atoms with Crippen molar-refractivity contribution >= 4 is 23.5 Å². The fraction of sp³-hybridized carbons (Fsp3) is 0.143. The van der Waals surface area contributed by atoms with Gasteiger partial charge in [-0.3, -0.25) is 9.48 Å². The van der Waals surface area contributed by atoms with E-state index in [0.29, 0.717) is 23.1 Å². The van der Waals surface area contributed by atoms with Crippen LogP contribution in [-0.4, -0.2) is 22.7 Å². The summed E-state index contributed by atoms with van der Waals surface area (Å²) in [5.74, 6) is 0.970. The highest BCUT2D eigenvalue weighted by molar-refractivity contribution is 6.34. The molecule has 0 saturated heterocycles. The minimum Gasteiger partial charge on any atom is -0.493 e. The molecule has 0 aliphatic rings. The van der Waals surface area contributed by atoms with E-state index in [9.17, 15) is 4.79 Å². The zero-order chi connectivity index (χ0) is 19.2. The molecule has 3 aromatic rings. The molecule has 3 rings (SSSR count). The van der Waals surface area contributed by atoms with Crippen LogP contribution in [0, 0.1) is 0 Å². The van der Waals surface area contributed by atoms with Gasteiger partial charge in [0, 0.05) is 13.2 Å². The molecule has 0 spiro atoms. The summed E-state index contributed by atoms with van der Waals surface area (Å²) in [4.78, 5) is 12.2. The largest absolute Gasteiger partial charge is 0.493 e. The summed E-state index contributed by atoms with van der Waals surface area (Å²) in [6, 6.07) is 15.4. The first-order valence-corrected chi connectivity index (χ1v) is 8.71. The summed E-state index contributed by atoms with van der Waals surface area (Å²) in [6.45, 7) is 0.447. The molecule has 138 valence electrons. The SMILES string of the molecule is COc1cc(/C=C/C(=O)c2nn(C)cc2Cl)ccc1OCc1ccccc1. The van der Waals surface area contributed by atoms with Crippen LogP contribution in [0.4, 0.5) is 0 Å². The van der Waals surface area contributed by atoms with Crippen molar-refractivity contribution in [2.45, 2.75) is 6.61 Å². The molecule has 0 N–H and O–H groups in total. The lowest BCUT2D eigenvalue weighted by Crippen LogP contribution is -1.99. The Bertz CT molecular complexity index is 965. The summed E-state index contributed by atoms with van der Waals surface area (Å²) in [6.07, 6.45) is 4.72. The van der Waals surface area contributed by atoms with Crippen molar-refractivity contribution in [1.29, 1.82) is 0 Å². The molecule has 6 heteroatoms. The Balaban J connectivity index is 1.71. The zero-order valence-electron chi connectivity index (χ0n) is 15.1. The Morgan fingerprint density at radius 2 is 1.96 bits per heavy atom. The lowest BCUT2D eigenvalue weighted by molar-refractivity contribution is 0.104. The molecule has 0 saturated carbocycles. The van der Waals surface area contributed by atoms with E-state index >= 15 is 0 Å². The number of ketones is 1. The summed E-state index contributed by atoms with van der Waals surface area (Å²) < 4.78 is 12.7. The molecule has 0 fully saturated rings. The van der Waals surface area contributed by atoms with E-state index in [1.54, 1.807) is 26.4 Å². The third-order valence-corrected chi connectivity index (χ3v) is 4.15. The van der Waals surface area contributed by atoms with Gasteiger partial charge in [-0.05, 0) is 29.3 Å². The number of carbonyl (C=O) groups excluding carboxylic acids is 1. The van der Waals surface area contributed by atoms with Crippen molar-refractivity contribution in [3.63, 3.8) is 0 Å². The van der Waals surface area contributed by atoms with E-state index < -0.39 is 0 Å². The molecule has 0 bridgehead atoms. The first kappa shape index (κ1) is 18.7. The molecule has 1 aromatic heterocycles. The van der Waals surface area contributed by atoms with Gasteiger partial charge in [0.2, 0.25) is 5.78 Å². The van der Waals surface area contributed by atoms with E-state index in [4.69, 9.17) is 21.1 Å². The smallest absolute Gasteiger partial charge is 0.207 e. The highest BCUT2D eigenvalue weighted by Gasteiger charge is 2.12. The summed E-state index contributed by atoms with van der Waals surface area (Å²) in [7, 11) is 3.29. The molecular weight excluding hydrogens is 364 g/mol. The predicted molar refractivity (Wildman–Crippen MR) is 105 cm³/mol. The quantitative estimate of drug-likeness (QED) is 0.444. The van der Waals surface area contributed by atoms with Crippen molar-refractivity contribution in [3.8, 4) is 11.5 Å². The maximum atomic E-state index is 12.2. The van der Waals surface area contributed by atoms with Gasteiger partial charge in [-0.15, -0.1) is 0 Å². The second-order valence-electron chi connectivity index (χ2n) is 5.88. The van der Waals surface area contributed by atoms with Crippen molar-refractivity contribution in [3.05, 3.63) is 82.6 Å². The molecule has 0 aliphatic heterocycles. The van der Waals surface area contributed by atoms with E-state index in [-0.39, 0.29) is 11.5 Å². The number of carbonyl (C=O) groups is 1. The Morgan fingerprint density at radius 3 is 2.63 bits per heavy atom. The number of aromatic nitrogens is 2. The number of ether oxygens (including phenoxy) is 2. The Morgan fingerprint density at radius 1 is 1.19 bits per heavy atom. The number of rotatable bonds is 7. The predicted octanol–water partition coefficient (Wildman–Crippen LogP) is 4.56. The van der Waals surface area contributed by atoms with Crippen LogP contribution in [-0.2, 0) is 13.7 Å². The Hall–Kier alpha value is -3.05. The molecule has 2 aromatic carbocycles. The second-order valence-corrected chi connectivity index (χ2v) is 6.29. The Kier molecular flexibility index (Phi) is 5.94. The average Bonchev–Trinajstić information content (AvgIpc) is 3.03. The molecule has 27 heavy (non-hydrogen) atoms. The summed E-state index contributed by atoms with van der Waals surface area (Å²) in [5.41, 5.74) is 2.10. The minimum absolute atomic E-state index is 0.227. The molecule has 5 nitrogen and oxygen atoms in total. The number of hydrogen-bond donors (Lipinski definition) is 0. The van der Waals surface area contributed by atoms with E-state index in [1.807, 2.05) is 48.5 Å². The van der Waals surface area contributed by atoms with Gasteiger partial charge in [-0.1, -0.05) is 54.1 Å². The topological polar surface area (TPSA) is 53.3 Å². The van der Waals surface area contributed by atoms with Crippen LogP contribution in [0.3, 0.4) is 0 Å². The highest BCUT2D eigenvalue weighted by Crippen LogP contribution is 2.29. The van der Waals surface area contributed by atoms with Crippen LogP contribution >= 0.6 is 11.6 Å². The third-order valence-electron chi connectivity index (χ3n) is 3.87. The monoisotopic (exact) mass is 382 g/mol. The van der Waals surface area contributed by atoms with Crippen LogP contribution in [0.15, 0.2) is 60.8 Å². The number of aryl methyl sites for hydroxylation is 1. The number of nitrogens with zero attached hydrogens (tertiary/aromatic N) is 2. The van der Waals surface area contributed by atoms with Crippen molar-refractivity contribution in [2.75, 3.05) is 7.11 Å². The molecule has 0 unspecified atom stereocenters. The second kappa shape index (κ2) is 8.56. The lowest BCUT2D eigenvalue weighted by atomic mass is 10.1. The fourth-order valence-corrected chi connectivity index (χ4v) is 2.79. The first-order valence-electron chi connectivity index (χ1n) is 8.33. The van der Waals surface area contributed by atoms with Gasteiger partial charge in [0.15, 0.2) is 17.2 Å². The standard InChI is InChI=1S/C21H19ClN2O3/c1-24-13-17(22)21(23-24)18(25)10-8-15-9-11-19(20(12-15)26-2)27-14-16-6-4-3-5-7-16/h3-13H,14H2,1-2H3/b10-8+. The van der Waals surface area contributed by atoms with Gasteiger partial charge in [0.1, 0.15) is 6.61 Å². The molecular formula is C21H19ClN2O3. The van der Waals surface area contributed by atoms with E-state index in [1.165, 1.54) is 10.8 Å².